The van der Waals surface area contributed by atoms with Crippen molar-refractivity contribution in [1.29, 1.82) is 0 Å². The summed E-state index contributed by atoms with van der Waals surface area (Å²) in [6.07, 6.45) is 3.62. The smallest absolute Gasteiger partial charge is 0.309 e. The van der Waals surface area contributed by atoms with E-state index < -0.39 is 11.4 Å². The highest BCUT2D eigenvalue weighted by molar-refractivity contribution is 5.73. The second-order valence-corrected chi connectivity index (χ2v) is 5.87. The topological polar surface area (TPSA) is 55.1 Å². The number of hydrogen-bond acceptors (Lipinski definition) is 2. The largest absolute Gasteiger partial charge is 0.481 e. The lowest BCUT2D eigenvalue weighted by atomic mass is 9.87. The second kappa shape index (κ2) is 6.22. The average molecular weight is 266 g/mol. The first kappa shape index (κ1) is 15.7. The van der Waals surface area contributed by atoms with Gasteiger partial charge in [0.1, 0.15) is 0 Å². The zero-order valence-corrected chi connectivity index (χ0v) is 12.8. The van der Waals surface area contributed by atoms with Crippen molar-refractivity contribution in [1.82, 2.24) is 9.78 Å². The van der Waals surface area contributed by atoms with E-state index in [1.165, 1.54) is 11.3 Å². The van der Waals surface area contributed by atoms with Crippen LogP contribution < -0.4 is 0 Å². The van der Waals surface area contributed by atoms with Crippen LogP contribution in [0, 0.1) is 19.3 Å². The third-order valence-corrected chi connectivity index (χ3v) is 3.89. The summed E-state index contributed by atoms with van der Waals surface area (Å²) < 4.78 is 2.06. The molecule has 0 aliphatic rings. The van der Waals surface area contributed by atoms with E-state index >= 15 is 0 Å². The first-order valence-electron chi connectivity index (χ1n) is 7.06. The Morgan fingerprint density at radius 3 is 2.42 bits per heavy atom. The number of carboxylic acids is 1. The number of unbranched alkanes of at least 4 members (excludes halogenated alkanes) is 1. The van der Waals surface area contributed by atoms with E-state index in [0.717, 1.165) is 31.5 Å². The highest BCUT2D eigenvalue weighted by atomic mass is 16.4. The lowest BCUT2D eigenvalue weighted by Gasteiger charge is -2.18. The minimum absolute atomic E-state index is 0.621. The van der Waals surface area contributed by atoms with Crippen LogP contribution in [0.5, 0.6) is 0 Å². The highest BCUT2D eigenvalue weighted by Crippen LogP contribution is 2.23. The summed E-state index contributed by atoms with van der Waals surface area (Å²) >= 11 is 0. The molecule has 19 heavy (non-hydrogen) atoms. The van der Waals surface area contributed by atoms with Gasteiger partial charge in [0.2, 0.25) is 0 Å². The summed E-state index contributed by atoms with van der Waals surface area (Å²) in [4.78, 5) is 11.0. The van der Waals surface area contributed by atoms with Gasteiger partial charge in [-0.3, -0.25) is 9.48 Å². The number of aryl methyl sites for hydroxylation is 2. The predicted octanol–water partition coefficient (Wildman–Crippen LogP) is 3.34. The summed E-state index contributed by atoms with van der Waals surface area (Å²) in [5, 5.41) is 13.6. The molecule has 108 valence electrons. The molecule has 0 atom stereocenters. The maximum absolute atomic E-state index is 11.0. The van der Waals surface area contributed by atoms with E-state index in [2.05, 4.69) is 30.6 Å². The van der Waals surface area contributed by atoms with Gasteiger partial charge in [0, 0.05) is 12.2 Å². The molecule has 1 heterocycles. The molecule has 4 heteroatoms. The first-order valence-corrected chi connectivity index (χ1v) is 7.06. The van der Waals surface area contributed by atoms with Gasteiger partial charge < -0.3 is 5.11 Å². The predicted molar refractivity (Wildman–Crippen MR) is 76.3 cm³/mol. The molecule has 1 aromatic heterocycles. The van der Waals surface area contributed by atoms with E-state index in [1.807, 2.05) is 0 Å². The Morgan fingerprint density at radius 1 is 1.32 bits per heavy atom. The second-order valence-electron chi connectivity index (χ2n) is 5.87. The van der Waals surface area contributed by atoms with Gasteiger partial charge in [0.15, 0.2) is 0 Å². The standard InChI is InChI=1S/C15H26N2O2/c1-6-13-11(2)16-17(12(13)3)10-8-7-9-15(4,5)14(18)19/h6-10H2,1-5H3,(H,18,19). The fraction of sp³-hybridized carbons (Fsp3) is 0.733. The maximum Gasteiger partial charge on any atom is 0.309 e. The molecule has 0 amide bonds. The van der Waals surface area contributed by atoms with Crippen LogP contribution in [-0.2, 0) is 17.8 Å². The maximum atomic E-state index is 11.0. The van der Waals surface area contributed by atoms with E-state index in [9.17, 15) is 4.79 Å². The Morgan fingerprint density at radius 2 is 1.95 bits per heavy atom. The number of carboxylic acid groups (broad SMARTS) is 1. The molecule has 0 radical (unpaired) electrons. The van der Waals surface area contributed by atoms with Gasteiger partial charge in [-0.25, -0.2) is 0 Å². The SMILES string of the molecule is CCc1c(C)nn(CCCCC(C)(C)C(=O)O)c1C. The number of aromatic nitrogens is 2. The Hall–Kier alpha value is -1.32. The minimum atomic E-state index is -0.716. The fourth-order valence-corrected chi connectivity index (χ4v) is 2.40. The quantitative estimate of drug-likeness (QED) is 0.770. The van der Waals surface area contributed by atoms with Crippen molar-refractivity contribution in [2.75, 3.05) is 0 Å². The first-order chi connectivity index (χ1) is 8.79. The van der Waals surface area contributed by atoms with Gasteiger partial charge >= 0.3 is 5.97 Å². The van der Waals surface area contributed by atoms with Crippen molar-refractivity contribution in [3.05, 3.63) is 17.0 Å². The zero-order valence-electron chi connectivity index (χ0n) is 12.8. The molecule has 1 rings (SSSR count). The molecule has 4 nitrogen and oxygen atoms in total. The zero-order chi connectivity index (χ0) is 14.6. The van der Waals surface area contributed by atoms with Crippen LogP contribution in [0.1, 0.15) is 57.0 Å². The van der Waals surface area contributed by atoms with Crippen LogP contribution in [0.4, 0.5) is 0 Å². The molecular weight excluding hydrogens is 240 g/mol. The lowest BCUT2D eigenvalue weighted by Crippen LogP contribution is -2.23. The third-order valence-electron chi connectivity index (χ3n) is 3.89. The van der Waals surface area contributed by atoms with Crippen molar-refractivity contribution >= 4 is 5.97 Å². The Kier molecular flexibility index (Phi) is 5.15. The summed E-state index contributed by atoms with van der Waals surface area (Å²) in [6, 6.07) is 0. The molecule has 0 saturated heterocycles. The Bertz CT molecular complexity index is 447. The molecule has 0 spiro atoms. The van der Waals surface area contributed by atoms with Crippen LogP contribution in [0.3, 0.4) is 0 Å². The molecule has 0 saturated carbocycles. The van der Waals surface area contributed by atoms with E-state index in [4.69, 9.17) is 5.11 Å². The molecule has 1 aromatic rings. The number of rotatable bonds is 7. The van der Waals surface area contributed by atoms with Gasteiger partial charge in [-0.05, 0) is 52.5 Å². The number of hydrogen-bond donors (Lipinski definition) is 1. The van der Waals surface area contributed by atoms with Crippen LogP contribution >= 0.6 is 0 Å². The van der Waals surface area contributed by atoms with Crippen molar-refractivity contribution in [2.24, 2.45) is 5.41 Å². The van der Waals surface area contributed by atoms with Crippen molar-refractivity contribution in [2.45, 2.75) is 66.8 Å². The molecule has 1 N–H and O–H groups in total. The van der Waals surface area contributed by atoms with E-state index in [1.54, 1.807) is 13.8 Å². The minimum Gasteiger partial charge on any atom is -0.481 e. The molecule has 0 aliphatic carbocycles. The molecule has 0 fully saturated rings. The summed E-state index contributed by atoms with van der Waals surface area (Å²) in [6.45, 7) is 10.8. The van der Waals surface area contributed by atoms with Crippen LogP contribution in [0.25, 0.3) is 0 Å². The van der Waals surface area contributed by atoms with Crippen molar-refractivity contribution in [3.63, 3.8) is 0 Å². The van der Waals surface area contributed by atoms with Crippen LogP contribution in [-0.4, -0.2) is 20.9 Å². The molecular formula is C15H26N2O2. The van der Waals surface area contributed by atoms with Gasteiger partial charge in [0.05, 0.1) is 11.1 Å². The van der Waals surface area contributed by atoms with E-state index in [0.29, 0.717) is 6.42 Å². The van der Waals surface area contributed by atoms with Gasteiger partial charge in [0.25, 0.3) is 0 Å². The number of carbonyl (C=O) groups is 1. The van der Waals surface area contributed by atoms with Crippen LogP contribution in [0.2, 0.25) is 0 Å². The van der Waals surface area contributed by atoms with Gasteiger partial charge in [-0.1, -0.05) is 13.3 Å². The Labute approximate surface area is 115 Å². The fourth-order valence-electron chi connectivity index (χ4n) is 2.40. The van der Waals surface area contributed by atoms with Crippen molar-refractivity contribution < 1.29 is 9.90 Å². The Balaban J connectivity index is 2.49. The number of nitrogens with zero attached hydrogens (tertiary/aromatic N) is 2. The lowest BCUT2D eigenvalue weighted by molar-refractivity contribution is -0.147. The summed E-state index contributed by atoms with van der Waals surface area (Å²) in [5.74, 6) is -0.716. The van der Waals surface area contributed by atoms with Gasteiger partial charge in [-0.15, -0.1) is 0 Å². The van der Waals surface area contributed by atoms with E-state index in [-0.39, 0.29) is 0 Å². The van der Waals surface area contributed by atoms with Gasteiger partial charge in [-0.2, -0.15) is 5.10 Å². The number of aliphatic carboxylic acids is 1. The highest BCUT2D eigenvalue weighted by Gasteiger charge is 2.26. The van der Waals surface area contributed by atoms with Crippen LogP contribution in [0.15, 0.2) is 0 Å². The van der Waals surface area contributed by atoms with Crippen molar-refractivity contribution in [3.8, 4) is 0 Å². The average Bonchev–Trinajstić information content (AvgIpc) is 2.59. The molecule has 0 unspecified atom stereocenters. The molecule has 0 bridgehead atoms. The normalized spacial score (nSPS) is 11.8. The summed E-state index contributed by atoms with van der Waals surface area (Å²) in [5.41, 5.74) is 3.08. The molecule has 0 aromatic carbocycles. The third kappa shape index (κ3) is 3.82. The summed E-state index contributed by atoms with van der Waals surface area (Å²) in [7, 11) is 0. The monoisotopic (exact) mass is 266 g/mol. The molecule has 0 aliphatic heterocycles.